The fourth-order valence-corrected chi connectivity index (χ4v) is 1.51. The van der Waals surface area contributed by atoms with Crippen molar-refractivity contribution < 1.29 is 9.13 Å². The zero-order chi connectivity index (χ0) is 12.5. The minimum Gasteiger partial charge on any atom is -0.493 e. The first-order chi connectivity index (χ1) is 8.27. The molecular weight excluding hydrogens is 219 g/mol. The lowest BCUT2D eigenvalue weighted by Crippen LogP contribution is -2.08. The lowest BCUT2D eigenvalue weighted by Gasteiger charge is -2.11. The summed E-state index contributed by atoms with van der Waals surface area (Å²) in [5.74, 6) is 0.449. The third-order valence-electron chi connectivity index (χ3n) is 2.33. The molecule has 0 aliphatic carbocycles. The van der Waals surface area contributed by atoms with Gasteiger partial charge >= 0.3 is 0 Å². The normalized spacial score (nSPS) is 9.94. The van der Waals surface area contributed by atoms with Crippen molar-refractivity contribution in [2.75, 3.05) is 13.7 Å². The van der Waals surface area contributed by atoms with E-state index >= 15 is 0 Å². The predicted octanol–water partition coefficient (Wildman–Crippen LogP) is 2.62. The number of hydrogen-bond donors (Lipinski definition) is 1. The van der Waals surface area contributed by atoms with Crippen LogP contribution in [0.25, 0.3) is 0 Å². The summed E-state index contributed by atoms with van der Waals surface area (Å²) in [5.41, 5.74) is 0.813. The molecule has 4 heteroatoms. The molecule has 0 saturated carbocycles. The van der Waals surface area contributed by atoms with Crippen LogP contribution in [0.1, 0.15) is 24.8 Å². The first kappa shape index (κ1) is 13.5. The topological polar surface area (TPSA) is 45.0 Å². The van der Waals surface area contributed by atoms with Gasteiger partial charge in [-0.25, -0.2) is 4.39 Å². The zero-order valence-corrected chi connectivity index (χ0v) is 10.0. The van der Waals surface area contributed by atoms with E-state index in [1.165, 1.54) is 12.1 Å². The molecule has 0 amide bonds. The van der Waals surface area contributed by atoms with Crippen LogP contribution in [0.2, 0.25) is 0 Å². The Morgan fingerprint density at radius 2 is 2.24 bits per heavy atom. The van der Waals surface area contributed by atoms with Crippen LogP contribution in [0.15, 0.2) is 18.2 Å². The van der Waals surface area contributed by atoms with Gasteiger partial charge in [-0.05, 0) is 38.1 Å². The average molecular weight is 236 g/mol. The molecule has 0 aliphatic rings. The zero-order valence-electron chi connectivity index (χ0n) is 10.0. The fraction of sp³-hybridized carbons (Fsp3) is 0.462. The van der Waals surface area contributed by atoms with Crippen molar-refractivity contribution in [3.05, 3.63) is 29.6 Å². The van der Waals surface area contributed by atoms with Gasteiger partial charge in [0.25, 0.3) is 0 Å². The second-order valence-corrected chi connectivity index (χ2v) is 3.75. The van der Waals surface area contributed by atoms with Gasteiger partial charge in [0.15, 0.2) is 0 Å². The second-order valence-electron chi connectivity index (χ2n) is 3.75. The summed E-state index contributed by atoms with van der Waals surface area (Å²) in [5, 5.41) is 11.4. The number of nitriles is 1. The highest BCUT2D eigenvalue weighted by atomic mass is 19.1. The minimum atomic E-state index is -0.257. The lowest BCUT2D eigenvalue weighted by molar-refractivity contribution is 0.303. The van der Waals surface area contributed by atoms with Gasteiger partial charge in [0, 0.05) is 18.5 Å². The van der Waals surface area contributed by atoms with Gasteiger partial charge in [0.1, 0.15) is 11.6 Å². The van der Waals surface area contributed by atoms with Crippen LogP contribution in [-0.2, 0) is 6.54 Å². The molecule has 92 valence electrons. The van der Waals surface area contributed by atoms with Gasteiger partial charge in [0.05, 0.1) is 12.7 Å². The molecule has 0 heterocycles. The first-order valence-electron chi connectivity index (χ1n) is 5.70. The Labute approximate surface area is 101 Å². The molecule has 0 bridgehead atoms. The molecule has 0 unspecified atom stereocenters. The maximum Gasteiger partial charge on any atom is 0.123 e. The fourth-order valence-electron chi connectivity index (χ4n) is 1.51. The van der Waals surface area contributed by atoms with Crippen LogP contribution >= 0.6 is 0 Å². The molecule has 1 rings (SSSR count). The lowest BCUT2D eigenvalue weighted by atomic mass is 10.2. The quantitative estimate of drug-likeness (QED) is 0.740. The monoisotopic (exact) mass is 236 g/mol. The predicted molar refractivity (Wildman–Crippen MR) is 64.1 cm³/mol. The van der Waals surface area contributed by atoms with E-state index in [0.29, 0.717) is 25.3 Å². The molecule has 0 atom stereocenters. The van der Waals surface area contributed by atoms with Crippen molar-refractivity contribution in [3.8, 4) is 11.8 Å². The largest absolute Gasteiger partial charge is 0.493 e. The van der Waals surface area contributed by atoms with E-state index in [1.807, 2.05) is 7.05 Å². The second kappa shape index (κ2) is 7.64. The van der Waals surface area contributed by atoms with Gasteiger partial charge in [-0.3, -0.25) is 0 Å². The molecular formula is C13H17FN2O. The number of halogens is 1. The highest BCUT2D eigenvalue weighted by Gasteiger charge is 2.04. The number of hydrogen-bond acceptors (Lipinski definition) is 3. The smallest absolute Gasteiger partial charge is 0.123 e. The minimum absolute atomic E-state index is 0.257. The van der Waals surface area contributed by atoms with Gasteiger partial charge in [-0.1, -0.05) is 0 Å². The van der Waals surface area contributed by atoms with Gasteiger partial charge in [0.2, 0.25) is 0 Å². The summed E-state index contributed by atoms with van der Waals surface area (Å²) >= 11 is 0. The first-order valence-corrected chi connectivity index (χ1v) is 5.70. The molecule has 1 aromatic carbocycles. The third kappa shape index (κ3) is 4.83. The number of ether oxygens (including phenoxy) is 1. The van der Waals surface area contributed by atoms with Crippen LogP contribution in [0, 0.1) is 17.1 Å². The van der Waals surface area contributed by atoms with Gasteiger partial charge in [-0.2, -0.15) is 5.26 Å². The van der Waals surface area contributed by atoms with Crippen LogP contribution < -0.4 is 10.1 Å². The van der Waals surface area contributed by atoms with E-state index in [1.54, 1.807) is 6.07 Å². The van der Waals surface area contributed by atoms with Crippen molar-refractivity contribution in [1.29, 1.82) is 5.26 Å². The highest BCUT2D eigenvalue weighted by molar-refractivity contribution is 5.33. The Morgan fingerprint density at radius 3 is 2.94 bits per heavy atom. The summed E-state index contributed by atoms with van der Waals surface area (Å²) in [4.78, 5) is 0. The number of benzene rings is 1. The standard InChI is InChI=1S/C13H17FN2O/c1-16-10-11-9-12(14)5-6-13(11)17-8-4-2-3-7-15/h5-6,9,16H,2-4,8,10H2,1H3. The number of nitrogens with zero attached hydrogens (tertiary/aromatic N) is 1. The summed E-state index contributed by atoms with van der Waals surface area (Å²) in [6.07, 6.45) is 2.22. The van der Waals surface area contributed by atoms with E-state index in [0.717, 1.165) is 18.4 Å². The van der Waals surface area contributed by atoms with E-state index in [9.17, 15) is 4.39 Å². The van der Waals surface area contributed by atoms with E-state index in [4.69, 9.17) is 10.00 Å². The van der Waals surface area contributed by atoms with Crippen LogP contribution in [0.4, 0.5) is 4.39 Å². The van der Waals surface area contributed by atoms with E-state index in [2.05, 4.69) is 11.4 Å². The van der Waals surface area contributed by atoms with Gasteiger partial charge in [-0.15, -0.1) is 0 Å². The number of unbranched alkanes of at least 4 members (excludes halogenated alkanes) is 2. The van der Waals surface area contributed by atoms with Crippen LogP contribution in [-0.4, -0.2) is 13.7 Å². The molecule has 1 aromatic rings. The summed E-state index contributed by atoms with van der Waals surface area (Å²) < 4.78 is 18.6. The Morgan fingerprint density at radius 1 is 1.41 bits per heavy atom. The SMILES string of the molecule is CNCc1cc(F)ccc1OCCCCC#N. The van der Waals surface area contributed by atoms with Gasteiger partial charge < -0.3 is 10.1 Å². The van der Waals surface area contributed by atoms with Crippen molar-refractivity contribution in [1.82, 2.24) is 5.32 Å². The molecule has 0 saturated heterocycles. The van der Waals surface area contributed by atoms with Crippen molar-refractivity contribution in [3.63, 3.8) is 0 Å². The third-order valence-corrected chi connectivity index (χ3v) is 2.33. The molecule has 0 aromatic heterocycles. The average Bonchev–Trinajstić information content (AvgIpc) is 2.32. The molecule has 17 heavy (non-hydrogen) atoms. The molecule has 0 spiro atoms. The Kier molecular flexibility index (Phi) is 6.05. The molecule has 1 N–H and O–H groups in total. The number of nitrogens with one attached hydrogen (secondary N) is 1. The molecule has 0 aliphatic heterocycles. The Bertz CT molecular complexity index is 387. The van der Waals surface area contributed by atoms with Crippen LogP contribution in [0.5, 0.6) is 5.75 Å². The van der Waals surface area contributed by atoms with E-state index in [-0.39, 0.29) is 5.82 Å². The highest BCUT2D eigenvalue weighted by Crippen LogP contribution is 2.19. The molecule has 0 fully saturated rings. The Hall–Kier alpha value is -1.60. The molecule has 3 nitrogen and oxygen atoms in total. The van der Waals surface area contributed by atoms with Crippen LogP contribution in [0.3, 0.4) is 0 Å². The maximum absolute atomic E-state index is 13.0. The number of rotatable bonds is 7. The summed E-state index contributed by atoms with van der Waals surface area (Å²) in [7, 11) is 1.81. The van der Waals surface area contributed by atoms with E-state index < -0.39 is 0 Å². The molecule has 0 radical (unpaired) electrons. The maximum atomic E-state index is 13.0. The van der Waals surface area contributed by atoms with Crippen molar-refractivity contribution >= 4 is 0 Å². The van der Waals surface area contributed by atoms with Crippen molar-refractivity contribution in [2.45, 2.75) is 25.8 Å². The summed E-state index contributed by atoms with van der Waals surface area (Å²) in [6.45, 7) is 1.13. The van der Waals surface area contributed by atoms with Crippen molar-refractivity contribution in [2.24, 2.45) is 0 Å². The Balaban J connectivity index is 2.49. The summed E-state index contributed by atoms with van der Waals surface area (Å²) in [6, 6.07) is 6.60.